The highest BCUT2D eigenvalue weighted by Crippen LogP contribution is 2.18. The Morgan fingerprint density at radius 2 is 1.36 bits per heavy atom. The summed E-state index contributed by atoms with van der Waals surface area (Å²) in [7, 11) is -3.24. The molecule has 0 aliphatic rings. The second-order valence-corrected chi connectivity index (χ2v) is 5.46. The van der Waals surface area contributed by atoms with Gasteiger partial charge in [0.05, 0.1) is 7.11 Å². The maximum Gasteiger partial charge on any atom is 0.253 e. The summed E-state index contributed by atoms with van der Waals surface area (Å²) >= 11 is 0. The molecule has 120 valence electrons. The highest BCUT2D eigenvalue weighted by Gasteiger charge is 2.18. The number of halogens is 1. The Balaban J connectivity index is 0.000000422. The fourth-order valence-corrected chi connectivity index (χ4v) is 2.30. The average Bonchev–Trinajstić information content (AvgIpc) is 2.36. The molecule has 0 aliphatic carbocycles. The van der Waals surface area contributed by atoms with Crippen molar-refractivity contribution in [2.75, 3.05) is 7.11 Å². The second kappa shape index (κ2) is 7.53. The summed E-state index contributed by atoms with van der Waals surface area (Å²) in [6.07, 6.45) is 0. The molecule has 2 aromatic rings. The predicted molar refractivity (Wildman–Crippen MR) is 68.7 cm³/mol. The minimum atomic E-state index is -4.94. The van der Waals surface area contributed by atoms with Crippen molar-refractivity contribution in [1.29, 1.82) is 0 Å². The molecule has 22 heavy (non-hydrogen) atoms. The van der Waals surface area contributed by atoms with Crippen LogP contribution in [0.4, 0.5) is 0 Å². The summed E-state index contributed by atoms with van der Waals surface area (Å²) in [5.41, 5.74) is 4.80. The van der Waals surface area contributed by atoms with Crippen molar-refractivity contribution in [3.63, 3.8) is 0 Å². The number of pyridine rings is 1. The normalized spacial score (nSPS) is 10.7. The maximum absolute atomic E-state index is 8.49. The molecule has 0 spiro atoms. The monoisotopic (exact) mass is 327 g/mol. The van der Waals surface area contributed by atoms with Crippen molar-refractivity contribution in [3.05, 3.63) is 53.3 Å². The van der Waals surface area contributed by atoms with Crippen LogP contribution in [0.3, 0.4) is 0 Å². The van der Waals surface area contributed by atoms with E-state index in [4.69, 9.17) is 23.4 Å². The van der Waals surface area contributed by atoms with Crippen LogP contribution < -0.4 is 27.9 Å². The third-order valence-corrected chi connectivity index (χ3v) is 2.90. The van der Waals surface area contributed by atoms with Crippen molar-refractivity contribution in [3.8, 4) is 11.4 Å². The van der Waals surface area contributed by atoms with Crippen molar-refractivity contribution in [2.24, 2.45) is 0 Å². The minimum absolute atomic E-state index is 0.896. The highest BCUT2D eigenvalue weighted by molar-refractivity contribution is 5.40. The first-order valence-electron chi connectivity index (χ1n) is 6.38. The third-order valence-electron chi connectivity index (χ3n) is 2.90. The second-order valence-electron chi connectivity index (χ2n) is 4.70. The Labute approximate surface area is 131 Å². The van der Waals surface area contributed by atoms with Crippen LogP contribution >= 0.6 is 0 Å². The summed E-state index contributed by atoms with van der Waals surface area (Å²) < 4.78 is 41.6. The Hall–Kier alpha value is -1.70. The van der Waals surface area contributed by atoms with Crippen molar-refractivity contribution >= 4 is 0 Å². The molecule has 2 rings (SSSR count). The number of methoxy groups -OCH3 is 1. The Morgan fingerprint density at radius 3 is 1.82 bits per heavy atom. The number of rotatable bonds is 2. The molecule has 0 saturated heterocycles. The first kappa shape index (κ1) is 18.3. The lowest BCUT2D eigenvalue weighted by atomic mass is 10.2. The van der Waals surface area contributed by atoms with Gasteiger partial charge in [-0.05, 0) is 18.6 Å². The number of ether oxygens (including phenoxy) is 1. The van der Waals surface area contributed by atoms with Gasteiger partial charge in [-0.3, -0.25) is 0 Å². The quantitative estimate of drug-likeness (QED) is 0.602. The minimum Gasteiger partial charge on any atom is -0.490 e. The molecule has 1 heterocycles. The summed E-state index contributed by atoms with van der Waals surface area (Å²) in [4.78, 5) is 0. The van der Waals surface area contributed by atoms with E-state index < -0.39 is 10.2 Å². The molecule has 7 heteroatoms. The van der Waals surface area contributed by atoms with Crippen LogP contribution in [0, 0.1) is 31.0 Å². The largest absolute Gasteiger partial charge is 0.490 e. The molecular formula is C15H18ClNO5. The molecule has 1 aromatic heterocycles. The zero-order valence-corrected chi connectivity index (χ0v) is 13.6. The number of aryl methyl sites for hydroxylation is 3. The van der Waals surface area contributed by atoms with E-state index in [9.17, 15) is 0 Å². The molecule has 0 atom stereocenters. The lowest BCUT2D eigenvalue weighted by Crippen LogP contribution is -2.68. The highest BCUT2D eigenvalue weighted by atomic mass is 35.7. The molecule has 1 aromatic carbocycles. The zero-order chi connectivity index (χ0) is 16.9. The standard InChI is InChI=1S/C15H18NO.ClHO4/c1-11-9-12(2)16(13(3)10-11)14-7-5-6-8-15(14)17-4;2-1(3,4)5/h5-10H,1-4H3;(H,2,3,4,5)/q+1;/p-1. The van der Waals surface area contributed by atoms with Gasteiger partial charge in [-0.2, -0.15) is 4.57 Å². The van der Waals surface area contributed by atoms with Crippen LogP contribution in [-0.4, -0.2) is 7.11 Å². The molecule has 0 bridgehead atoms. The van der Waals surface area contributed by atoms with Gasteiger partial charge in [0, 0.05) is 32.0 Å². The SMILES string of the molecule is COc1ccccc1-[n+]1c(C)cc(C)cc1C.[O-][Cl+3]([O-])([O-])[O-]. The average molecular weight is 328 g/mol. The molecule has 0 amide bonds. The van der Waals surface area contributed by atoms with Crippen LogP contribution in [0.15, 0.2) is 36.4 Å². The molecular weight excluding hydrogens is 310 g/mol. The topological polar surface area (TPSA) is 105 Å². The number of hydrogen-bond donors (Lipinski definition) is 0. The van der Waals surface area contributed by atoms with E-state index in [0.29, 0.717) is 0 Å². The number of hydrogen-bond acceptors (Lipinski definition) is 5. The van der Waals surface area contributed by atoms with Gasteiger partial charge in [0.25, 0.3) is 5.69 Å². The van der Waals surface area contributed by atoms with E-state index in [1.165, 1.54) is 17.0 Å². The van der Waals surface area contributed by atoms with E-state index in [1.54, 1.807) is 7.11 Å². The van der Waals surface area contributed by atoms with Crippen LogP contribution in [0.2, 0.25) is 0 Å². The van der Waals surface area contributed by atoms with Crippen molar-refractivity contribution < 1.29 is 38.2 Å². The fraction of sp³-hybridized carbons (Fsp3) is 0.267. The summed E-state index contributed by atoms with van der Waals surface area (Å²) in [5, 5.41) is 0. The third kappa shape index (κ3) is 5.59. The Morgan fingerprint density at radius 1 is 0.909 bits per heavy atom. The molecule has 0 saturated carbocycles. The number of benzene rings is 1. The number of aromatic nitrogens is 1. The van der Waals surface area contributed by atoms with E-state index in [0.717, 1.165) is 11.4 Å². The van der Waals surface area contributed by atoms with Gasteiger partial charge in [0.1, 0.15) is 0 Å². The molecule has 0 fully saturated rings. The summed E-state index contributed by atoms with van der Waals surface area (Å²) in [6.45, 7) is 6.35. The van der Waals surface area contributed by atoms with Gasteiger partial charge < -0.3 is 4.74 Å². The van der Waals surface area contributed by atoms with E-state index in [-0.39, 0.29) is 0 Å². The molecule has 0 aliphatic heterocycles. The van der Waals surface area contributed by atoms with Gasteiger partial charge in [-0.25, -0.2) is 18.6 Å². The van der Waals surface area contributed by atoms with Gasteiger partial charge in [-0.15, -0.1) is 10.2 Å². The predicted octanol–water partition coefficient (Wildman–Crippen LogP) is -1.86. The maximum atomic E-state index is 8.49. The summed E-state index contributed by atoms with van der Waals surface area (Å²) in [5.74, 6) is 0.896. The molecule has 0 radical (unpaired) electrons. The molecule has 0 N–H and O–H groups in total. The lowest BCUT2D eigenvalue weighted by molar-refractivity contribution is -2.00. The van der Waals surface area contributed by atoms with Crippen molar-refractivity contribution in [2.45, 2.75) is 20.8 Å². The Kier molecular flexibility index (Phi) is 6.28. The van der Waals surface area contributed by atoms with E-state index in [1.807, 2.05) is 18.2 Å². The fourth-order valence-electron chi connectivity index (χ4n) is 2.30. The van der Waals surface area contributed by atoms with Crippen molar-refractivity contribution in [1.82, 2.24) is 0 Å². The van der Waals surface area contributed by atoms with E-state index in [2.05, 4.69) is 43.5 Å². The summed E-state index contributed by atoms with van der Waals surface area (Å²) in [6, 6.07) is 12.4. The van der Waals surface area contributed by atoms with Gasteiger partial charge in [0.15, 0.2) is 17.1 Å². The lowest BCUT2D eigenvalue weighted by Gasteiger charge is -2.17. The van der Waals surface area contributed by atoms with Gasteiger partial charge in [0.2, 0.25) is 0 Å². The molecule has 0 unspecified atom stereocenters. The molecule has 6 nitrogen and oxygen atoms in total. The van der Waals surface area contributed by atoms with Crippen LogP contribution in [0.25, 0.3) is 5.69 Å². The van der Waals surface area contributed by atoms with Crippen LogP contribution in [0.1, 0.15) is 17.0 Å². The Bertz CT molecular complexity index is 611. The first-order chi connectivity index (χ1) is 10.1. The van der Waals surface area contributed by atoms with Crippen LogP contribution in [-0.2, 0) is 0 Å². The van der Waals surface area contributed by atoms with E-state index >= 15 is 0 Å². The number of nitrogens with zero attached hydrogens (tertiary/aromatic N) is 1. The van der Waals surface area contributed by atoms with Gasteiger partial charge >= 0.3 is 0 Å². The van der Waals surface area contributed by atoms with Crippen LogP contribution in [0.5, 0.6) is 5.75 Å². The number of para-hydroxylation sites is 2. The smallest absolute Gasteiger partial charge is 0.253 e. The zero-order valence-electron chi connectivity index (χ0n) is 12.8. The van der Waals surface area contributed by atoms with Gasteiger partial charge in [-0.1, -0.05) is 12.1 Å². The first-order valence-corrected chi connectivity index (χ1v) is 7.62.